The topological polar surface area (TPSA) is 34.2 Å². The van der Waals surface area contributed by atoms with E-state index in [0.29, 0.717) is 6.61 Å². The molecule has 5 heteroatoms. The van der Waals surface area contributed by atoms with Crippen molar-refractivity contribution in [3.8, 4) is 5.75 Å². The molecule has 0 aliphatic heterocycles. The minimum Gasteiger partial charge on any atom is -0.488 e. The molecule has 0 amide bonds. The van der Waals surface area contributed by atoms with Gasteiger partial charge in [0.25, 0.3) is 0 Å². The molecule has 0 aliphatic rings. The number of aromatic nitrogens is 1. The van der Waals surface area contributed by atoms with Gasteiger partial charge in [0.1, 0.15) is 12.4 Å². The quantitative estimate of drug-likeness (QED) is 0.814. The van der Waals surface area contributed by atoms with Crippen LogP contribution in [-0.4, -0.2) is 17.8 Å². The van der Waals surface area contributed by atoms with E-state index in [1.54, 1.807) is 23.1 Å². The van der Waals surface area contributed by atoms with Gasteiger partial charge in [-0.2, -0.15) is 0 Å². The van der Waals surface area contributed by atoms with Crippen LogP contribution >= 0.6 is 23.1 Å². The van der Waals surface area contributed by atoms with Gasteiger partial charge in [-0.3, -0.25) is 0 Å². The SMILES string of the molecule is CCNc1ncc(COc2ccc(SC)cc2)s1. The summed E-state index contributed by atoms with van der Waals surface area (Å²) in [5, 5.41) is 4.14. The highest BCUT2D eigenvalue weighted by Gasteiger charge is 2.02. The van der Waals surface area contributed by atoms with E-state index in [1.165, 1.54) is 4.90 Å². The molecule has 0 fully saturated rings. The number of thioether (sulfide) groups is 1. The van der Waals surface area contributed by atoms with Crippen molar-refractivity contribution in [2.45, 2.75) is 18.4 Å². The zero-order valence-corrected chi connectivity index (χ0v) is 12.1. The molecule has 0 aliphatic carbocycles. The number of hydrogen-bond donors (Lipinski definition) is 1. The molecule has 2 aromatic rings. The van der Waals surface area contributed by atoms with Gasteiger partial charge in [-0.15, -0.1) is 11.8 Å². The molecule has 1 heterocycles. The summed E-state index contributed by atoms with van der Waals surface area (Å²) < 4.78 is 5.72. The maximum Gasteiger partial charge on any atom is 0.182 e. The van der Waals surface area contributed by atoms with E-state index in [2.05, 4.69) is 35.6 Å². The molecule has 0 saturated heterocycles. The highest BCUT2D eigenvalue weighted by Crippen LogP contribution is 2.22. The van der Waals surface area contributed by atoms with E-state index in [9.17, 15) is 0 Å². The Bertz CT molecular complexity index is 482. The standard InChI is InChI=1S/C13H16N2OS2/c1-3-14-13-15-8-12(18-13)9-16-10-4-6-11(17-2)7-5-10/h4-8H,3,9H2,1-2H3,(H,14,15). The molecule has 96 valence electrons. The van der Waals surface area contributed by atoms with Crippen molar-refractivity contribution in [1.82, 2.24) is 4.98 Å². The summed E-state index contributed by atoms with van der Waals surface area (Å²) in [6.07, 6.45) is 3.92. The van der Waals surface area contributed by atoms with Crippen LogP contribution in [0.4, 0.5) is 5.13 Å². The first-order valence-corrected chi connectivity index (χ1v) is 7.81. The van der Waals surface area contributed by atoms with Gasteiger partial charge in [0, 0.05) is 17.6 Å². The lowest BCUT2D eigenvalue weighted by Crippen LogP contribution is -1.94. The third-order valence-corrected chi connectivity index (χ3v) is 3.99. The molecule has 0 atom stereocenters. The van der Waals surface area contributed by atoms with E-state index in [1.807, 2.05) is 18.3 Å². The predicted molar refractivity (Wildman–Crippen MR) is 78.8 cm³/mol. The number of benzene rings is 1. The molecule has 0 spiro atoms. The van der Waals surface area contributed by atoms with E-state index in [0.717, 1.165) is 22.3 Å². The molecule has 0 bridgehead atoms. The van der Waals surface area contributed by atoms with Gasteiger partial charge in [0.2, 0.25) is 0 Å². The van der Waals surface area contributed by atoms with Crippen molar-refractivity contribution in [2.75, 3.05) is 18.1 Å². The van der Waals surface area contributed by atoms with Gasteiger partial charge in [0.05, 0.1) is 4.88 Å². The number of hydrogen-bond acceptors (Lipinski definition) is 5. The first-order valence-electron chi connectivity index (χ1n) is 5.77. The van der Waals surface area contributed by atoms with Gasteiger partial charge in [0.15, 0.2) is 5.13 Å². The molecule has 1 aromatic carbocycles. The Morgan fingerprint density at radius 1 is 1.33 bits per heavy atom. The maximum atomic E-state index is 5.72. The van der Waals surface area contributed by atoms with E-state index >= 15 is 0 Å². The molecule has 1 N–H and O–H groups in total. The molecule has 18 heavy (non-hydrogen) atoms. The monoisotopic (exact) mass is 280 g/mol. The summed E-state index contributed by atoms with van der Waals surface area (Å²) >= 11 is 3.36. The van der Waals surface area contributed by atoms with Crippen molar-refractivity contribution < 1.29 is 4.74 Å². The lowest BCUT2D eigenvalue weighted by Gasteiger charge is -2.04. The Hall–Kier alpha value is -1.20. The molecule has 0 radical (unpaired) electrons. The Morgan fingerprint density at radius 2 is 2.11 bits per heavy atom. The molecule has 2 rings (SSSR count). The molecule has 1 aromatic heterocycles. The van der Waals surface area contributed by atoms with Crippen molar-refractivity contribution in [3.63, 3.8) is 0 Å². The summed E-state index contributed by atoms with van der Waals surface area (Å²) in [6.45, 7) is 3.52. The second kappa shape index (κ2) is 6.66. The second-order valence-electron chi connectivity index (χ2n) is 3.63. The largest absolute Gasteiger partial charge is 0.488 e. The predicted octanol–water partition coefficient (Wildman–Crippen LogP) is 3.88. The minimum absolute atomic E-state index is 0.571. The van der Waals surface area contributed by atoms with Crippen LogP contribution in [0.15, 0.2) is 35.4 Å². The Balaban J connectivity index is 1.89. The van der Waals surface area contributed by atoms with Crippen LogP contribution < -0.4 is 10.1 Å². The Labute approximate surface area is 116 Å². The third-order valence-electron chi connectivity index (χ3n) is 2.32. The second-order valence-corrected chi connectivity index (χ2v) is 5.62. The first-order chi connectivity index (χ1) is 8.81. The average molecular weight is 280 g/mol. The molecule has 3 nitrogen and oxygen atoms in total. The lowest BCUT2D eigenvalue weighted by molar-refractivity contribution is 0.309. The number of nitrogens with one attached hydrogen (secondary N) is 1. The normalized spacial score (nSPS) is 10.3. The third kappa shape index (κ3) is 3.65. The Kier molecular flexibility index (Phi) is 4.90. The van der Waals surface area contributed by atoms with Crippen LogP contribution in [0.2, 0.25) is 0 Å². The minimum atomic E-state index is 0.571. The Morgan fingerprint density at radius 3 is 2.78 bits per heavy atom. The van der Waals surface area contributed by atoms with Gasteiger partial charge in [-0.05, 0) is 37.4 Å². The first kappa shape index (κ1) is 13.2. The van der Waals surface area contributed by atoms with Gasteiger partial charge in [-0.25, -0.2) is 4.98 Å². The van der Waals surface area contributed by atoms with Crippen LogP contribution in [0.5, 0.6) is 5.75 Å². The van der Waals surface area contributed by atoms with E-state index < -0.39 is 0 Å². The fraction of sp³-hybridized carbons (Fsp3) is 0.308. The van der Waals surface area contributed by atoms with E-state index in [4.69, 9.17) is 4.74 Å². The lowest BCUT2D eigenvalue weighted by atomic mass is 10.3. The fourth-order valence-corrected chi connectivity index (χ4v) is 2.64. The summed E-state index contributed by atoms with van der Waals surface area (Å²) in [4.78, 5) is 6.64. The van der Waals surface area contributed by atoms with Crippen LogP contribution in [-0.2, 0) is 6.61 Å². The molecular weight excluding hydrogens is 264 g/mol. The zero-order chi connectivity index (χ0) is 12.8. The number of anilines is 1. The smallest absolute Gasteiger partial charge is 0.182 e. The van der Waals surface area contributed by atoms with Crippen LogP contribution in [0.1, 0.15) is 11.8 Å². The molecule has 0 unspecified atom stereocenters. The average Bonchev–Trinajstić information content (AvgIpc) is 2.85. The highest BCUT2D eigenvalue weighted by molar-refractivity contribution is 7.98. The van der Waals surface area contributed by atoms with E-state index in [-0.39, 0.29) is 0 Å². The molecular formula is C13H16N2OS2. The summed E-state index contributed by atoms with van der Waals surface area (Å²) in [5.41, 5.74) is 0. The maximum absolute atomic E-state index is 5.72. The van der Waals surface area contributed by atoms with Gasteiger partial charge >= 0.3 is 0 Å². The summed E-state index contributed by atoms with van der Waals surface area (Å²) in [7, 11) is 0. The van der Waals surface area contributed by atoms with Crippen molar-refractivity contribution in [3.05, 3.63) is 35.3 Å². The number of thiazole rings is 1. The number of nitrogens with zero attached hydrogens (tertiary/aromatic N) is 1. The fourth-order valence-electron chi connectivity index (χ4n) is 1.43. The highest BCUT2D eigenvalue weighted by atomic mass is 32.2. The van der Waals surface area contributed by atoms with Crippen molar-refractivity contribution in [1.29, 1.82) is 0 Å². The number of rotatable bonds is 6. The van der Waals surface area contributed by atoms with Gasteiger partial charge in [-0.1, -0.05) is 11.3 Å². The zero-order valence-electron chi connectivity index (χ0n) is 10.5. The number of ether oxygens (including phenoxy) is 1. The van der Waals surface area contributed by atoms with Crippen LogP contribution in [0.25, 0.3) is 0 Å². The van der Waals surface area contributed by atoms with Crippen molar-refractivity contribution in [2.24, 2.45) is 0 Å². The van der Waals surface area contributed by atoms with Crippen LogP contribution in [0, 0.1) is 0 Å². The summed E-state index contributed by atoms with van der Waals surface area (Å²) in [5.74, 6) is 0.895. The van der Waals surface area contributed by atoms with Crippen molar-refractivity contribution >= 4 is 28.2 Å². The van der Waals surface area contributed by atoms with Crippen LogP contribution in [0.3, 0.4) is 0 Å². The summed E-state index contributed by atoms with van der Waals surface area (Å²) in [6, 6.07) is 8.13. The molecule has 0 saturated carbocycles. The van der Waals surface area contributed by atoms with Gasteiger partial charge < -0.3 is 10.1 Å².